The van der Waals surface area contributed by atoms with Crippen LogP contribution in [-0.2, 0) is 10.8 Å². The molecule has 1 aliphatic carbocycles. The van der Waals surface area contributed by atoms with Crippen LogP contribution < -0.4 is 0 Å². The lowest BCUT2D eigenvalue weighted by Crippen LogP contribution is -2.45. The van der Waals surface area contributed by atoms with Crippen LogP contribution in [0.15, 0.2) is 0 Å². The fourth-order valence-corrected chi connectivity index (χ4v) is 3.54. The quantitative estimate of drug-likeness (QED) is 0.639. The number of hydrogen-bond donors (Lipinski definition) is 0. The van der Waals surface area contributed by atoms with Gasteiger partial charge in [-0.3, -0.25) is 9.11 Å². The van der Waals surface area contributed by atoms with Crippen molar-refractivity contribution in [3.05, 3.63) is 0 Å². The average molecular weight is 201 g/mol. The molecule has 1 saturated carbocycles. The Balaban J connectivity index is 1.82. The van der Waals surface area contributed by atoms with Crippen LogP contribution in [0.3, 0.4) is 0 Å². The number of nitrogens with zero attached hydrogens (tertiary/aromatic N) is 1. The third kappa shape index (κ3) is 2.53. The first kappa shape index (κ1) is 9.66. The molecule has 0 aromatic heterocycles. The normalized spacial score (nSPS) is 29.2. The maximum absolute atomic E-state index is 11.2. The van der Waals surface area contributed by atoms with E-state index in [-0.39, 0.29) is 0 Å². The minimum Gasteiger partial charge on any atom is -0.299 e. The lowest BCUT2D eigenvalue weighted by Gasteiger charge is -2.36. The van der Waals surface area contributed by atoms with E-state index in [9.17, 15) is 4.21 Å². The van der Waals surface area contributed by atoms with Gasteiger partial charge in [-0.15, -0.1) is 0 Å². The van der Waals surface area contributed by atoms with E-state index in [0.717, 1.165) is 30.6 Å². The van der Waals surface area contributed by atoms with E-state index in [1.165, 1.54) is 32.1 Å². The topological polar surface area (TPSA) is 20.3 Å². The molecule has 2 nitrogen and oxygen atoms in total. The van der Waals surface area contributed by atoms with Crippen LogP contribution in [0.25, 0.3) is 0 Å². The molecular weight excluding hydrogens is 182 g/mol. The van der Waals surface area contributed by atoms with Gasteiger partial charge in [0.05, 0.1) is 0 Å². The minimum atomic E-state index is -0.507. The largest absolute Gasteiger partial charge is 0.299 e. The van der Waals surface area contributed by atoms with E-state index < -0.39 is 10.8 Å². The molecule has 1 saturated heterocycles. The van der Waals surface area contributed by atoms with Crippen LogP contribution in [0.5, 0.6) is 0 Å². The number of rotatable bonds is 1. The maximum atomic E-state index is 11.2. The van der Waals surface area contributed by atoms with Gasteiger partial charge in [0.15, 0.2) is 0 Å². The molecule has 13 heavy (non-hydrogen) atoms. The van der Waals surface area contributed by atoms with Gasteiger partial charge in [0.25, 0.3) is 0 Å². The number of hydrogen-bond acceptors (Lipinski definition) is 2. The van der Waals surface area contributed by atoms with E-state index >= 15 is 0 Å². The van der Waals surface area contributed by atoms with Crippen molar-refractivity contribution in [2.75, 3.05) is 24.6 Å². The molecule has 0 N–H and O–H groups in total. The molecule has 0 aromatic carbocycles. The Morgan fingerprint density at radius 2 is 1.62 bits per heavy atom. The molecule has 2 aliphatic rings. The van der Waals surface area contributed by atoms with Crippen molar-refractivity contribution < 1.29 is 4.21 Å². The van der Waals surface area contributed by atoms with Gasteiger partial charge in [0, 0.05) is 41.4 Å². The summed E-state index contributed by atoms with van der Waals surface area (Å²) in [5.41, 5.74) is 0. The molecule has 2 fully saturated rings. The SMILES string of the molecule is O=S1CCN(C2CCCCC2)CC1. The zero-order valence-corrected chi connectivity index (χ0v) is 9.02. The molecule has 0 bridgehead atoms. The Morgan fingerprint density at radius 3 is 2.23 bits per heavy atom. The zero-order valence-electron chi connectivity index (χ0n) is 8.21. The standard InChI is InChI=1S/C10H19NOS/c12-13-8-6-11(7-9-13)10-4-2-1-3-5-10/h10H,1-9H2. The molecular formula is C10H19NOS. The van der Waals surface area contributed by atoms with Crippen LogP contribution in [0.2, 0.25) is 0 Å². The summed E-state index contributed by atoms with van der Waals surface area (Å²) < 4.78 is 11.2. The van der Waals surface area contributed by atoms with E-state index in [1.54, 1.807) is 0 Å². The summed E-state index contributed by atoms with van der Waals surface area (Å²) in [6.45, 7) is 2.16. The molecule has 0 amide bonds. The molecule has 0 spiro atoms. The summed E-state index contributed by atoms with van der Waals surface area (Å²) in [6, 6.07) is 0.825. The molecule has 3 heteroatoms. The minimum absolute atomic E-state index is 0.507. The van der Waals surface area contributed by atoms with Crippen LogP contribution in [-0.4, -0.2) is 39.7 Å². The van der Waals surface area contributed by atoms with Gasteiger partial charge >= 0.3 is 0 Å². The monoisotopic (exact) mass is 201 g/mol. The summed E-state index contributed by atoms with van der Waals surface area (Å²) >= 11 is 0. The predicted molar refractivity (Wildman–Crippen MR) is 56.3 cm³/mol. The van der Waals surface area contributed by atoms with Crippen molar-refractivity contribution in [1.29, 1.82) is 0 Å². The highest BCUT2D eigenvalue weighted by Crippen LogP contribution is 2.23. The first-order chi connectivity index (χ1) is 6.36. The summed E-state index contributed by atoms with van der Waals surface area (Å²) in [5, 5.41) is 0. The van der Waals surface area contributed by atoms with Gasteiger partial charge in [0.2, 0.25) is 0 Å². The molecule has 1 heterocycles. The van der Waals surface area contributed by atoms with E-state index in [2.05, 4.69) is 4.90 Å². The molecule has 0 unspecified atom stereocenters. The maximum Gasteiger partial charge on any atom is 0.0363 e. The van der Waals surface area contributed by atoms with Crippen LogP contribution in [0, 0.1) is 0 Å². The van der Waals surface area contributed by atoms with Gasteiger partial charge in [-0.25, -0.2) is 0 Å². The average Bonchev–Trinajstić information content (AvgIpc) is 2.20. The van der Waals surface area contributed by atoms with Gasteiger partial charge in [-0.1, -0.05) is 19.3 Å². The predicted octanol–water partition coefficient (Wildman–Crippen LogP) is 1.38. The van der Waals surface area contributed by atoms with Gasteiger partial charge in [-0.05, 0) is 12.8 Å². The van der Waals surface area contributed by atoms with Crippen LogP contribution in [0.1, 0.15) is 32.1 Å². The molecule has 0 atom stereocenters. The highest BCUT2D eigenvalue weighted by atomic mass is 32.2. The summed E-state index contributed by atoms with van der Waals surface area (Å²) in [5.74, 6) is 1.83. The molecule has 2 rings (SSSR count). The highest BCUT2D eigenvalue weighted by molar-refractivity contribution is 7.85. The Bertz CT molecular complexity index is 179. The lowest BCUT2D eigenvalue weighted by atomic mass is 9.94. The van der Waals surface area contributed by atoms with Crippen molar-refractivity contribution in [1.82, 2.24) is 4.90 Å². The van der Waals surface area contributed by atoms with Crippen molar-refractivity contribution in [2.45, 2.75) is 38.1 Å². The van der Waals surface area contributed by atoms with E-state index in [1.807, 2.05) is 0 Å². The molecule has 1 aliphatic heterocycles. The van der Waals surface area contributed by atoms with Crippen LogP contribution >= 0.6 is 0 Å². The van der Waals surface area contributed by atoms with Crippen molar-refractivity contribution in [3.63, 3.8) is 0 Å². The smallest absolute Gasteiger partial charge is 0.0363 e. The van der Waals surface area contributed by atoms with Gasteiger partial charge in [-0.2, -0.15) is 0 Å². The second-order valence-corrected chi connectivity index (χ2v) is 5.87. The van der Waals surface area contributed by atoms with E-state index in [4.69, 9.17) is 0 Å². The first-order valence-corrected chi connectivity index (χ1v) is 6.94. The van der Waals surface area contributed by atoms with Crippen molar-refractivity contribution >= 4 is 10.8 Å². The fourth-order valence-electron chi connectivity index (χ4n) is 2.46. The second-order valence-electron chi connectivity index (χ2n) is 4.18. The summed E-state index contributed by atoms with van der Waals surface area (Å²) in [7, 11) is -0.507. The Hall–Kier alpha value is 0.110. The molecule has 0 radical (unpaired) electrons. The second kappa shape index (κ2) is 4.56. The van der Waals surface area contributed by atoms with Crippen LogP contribution in [0.4, 0.5) is 0 Å². The van der Waals surface area contributed by atoms with Crippen molar-refractivity contribution in [3.8, 4) is 0 Å². The molecule has 76 valence electrons. The van der Waals surface area contributed by atoms with E-state index in [0.29, 0.717) is 0 Å². The molecule has 0 aromatic rings. The fraction of sp³-hybridized carbons (Fsp3) is 1.00. The third-order valence-electron chi connectivity index (χ3n) is 3.30. The zero-order chi connectivity index (χ0) is 9.10. The van der Waals surface area contributed by atoms with Gasteiger partial charge < -0.3 is 0 Å². The summed E-state index contributed by atoms with van der Waals surface area (Å²) in [6.07, 6.45) is 7.00. The Labute approximate surface area is 83.1 Å². The third-order valence-corrected chi connectivity index (χ3v) is 4.58. The Kier molecular flexibility index (Phi) is 3.39. The summed E-state index contributed by atoms with van der Waals surface area (Å²) in [4.78, 5) is 2.57. The van der Waals surface area contributed by atoms with Gasteiger partial charge in [0.1, 0.15) is 0 Å². The highest BCUT2D eigenvalue weighted by Gasteiger charge is 2.24. The Morgan fingerprint density at radius 1 is 1.00 bits per heavy atom. The van der Waals surface area contributed by atoms with Crippen molar-refractivity contribution in [2.24, 2.45) is 0 Å². The lowest BCUT2D eigenvalue weighted by molar-refractivity contribution is 0.170. The first-order valence-electron chi connectivity index (χ1n) is 5.45.